The van der Waals surface area contributed by atoms with Crippen molar-refractivity contribution in [3.8, 4) is 17.1 Å². The Labute approximate surface area is 158 Å². The molecule has 1 amide bonds. The van der Waals surface area contributed by atoms with E-state index in [2.05, 4.69) is 20.2 Å². The third-order valence-corrected chi connectivity index (χ3v) is 4.92. The Balaban J connectivity index is 1.41. The molecular formula is C18H19F3N4O3. The zero-order valence-electron chi connectivity index (χ0n) is 15.1. The molecule has 4 rings (SSSR count). The van der Waals surface area contributed by atoms with E-state index in [1.54, 1.807) is 0 Å². The molecule has 0 spiro atoms. The number of hydrogen-bond acceptors (Lipinski definition) is 6. The quantitative estimate of drug-likeness (QED) is 0.837. The Morgan fingerprint density at radius 2 is 2.00 bits per heavy atom. The minimum Gasteiger partial charge on any atom is -0.406 e. The standard InChI is InChI=1S/C18H19F3N4O3/c1-25-9-12(22-16(26)11-2-3-11)8-14(25)17-23-15(24-28-17)10-4-6-13(7-5-10)27-18(19,20)21/h4-7,11-12,14H,2-3,8-9H2,1H3,(H,22,26)/t12-,14-/m0/s1. The van der Waals surface area contributed by atoms with Gasteiger partial charge in [0, 0.05) is 24.1 Å². The number of rotatable bonds is 5. The first-order valence-electron chi connectivity index (χ1n) is 8.99. The molecule has 1 aliphatic carbocycles. The summed E-state index contributed by atoms with van der Waals surface area (Å²) in [7, 11) is 1.92. The van der Waals surface area contributed by atoms with Crippen LogP contribution in [-0.2, 0) is 4.79 Å². The highest BCUT2D eigenvalue weighted by molar-refractivity contribution is 5.81. The maximum Gasteiger partial charge on any atom is 0.573 e. The number of nitrogens with zero attached hydrogens (tertiary/aromatic N) is 3. The van der Waals surface area contributed by atoms with Crippen LogP contribution >= 0.6 is 0 Å². The first-order chi connectivity index (χ1) is 13.3. The first-order valence-corrected chi connectivity index (χ1v) is 8.99. The van der Waals surface area contributed by atoms with Gasteiger partial charge in [-0.3, -0.25) is 9.69 Å². The van der Waals surface area contributed by atoms with Crippen molar-refractivity contribution in [1.82, 2.24) is 20.4 Å². The Morgan fingerprint density at radius 3 is 2.64 bits per heavy atom. The van der Waals surface area contributed by atoms with E-state index in [9.17, 15) is 18.0 Å². The molecule has 0 radical (unpaired) electrons. The molecule has 28 heavy (non-hydrogen) atoms. The number of ether oxygens (including phenoxy) is 1. The number of likely N-dealkylation sites (tertiary alicyclic amines) is 1. The minimum absolute atomic E-state index is 0.0252. The highest BCUT2D eigenvalue weighted by atomic mass is 19.4. The summed E-state index contributed by atoms with van der Waals surface area (Å²) in [4.78, 5) is 18.4. The highest BCUT2D eigenvalue weighted by Gasteiger charge is 2.38. The molecule has 1 aromatic heterocycles. The number of hydrogen-bond donors (Lipinski definition) is 1. The van der Waals surface area contributed by atoms with Gasteiger partial charge in [0.25, 0.3) is 0 Å². The number of aromatic nitrogens is 2. The smallest absolute Gasteiger partial charge is 0.406 e. The zero-order chi connectivity index (χ0) is 19.9. The number of amides is 1. The Hall–Kier alpha value is -2.62. The number of likely N-dealkylation sites (N-methyl/N-ethyl adjacent to an activating group) is 1. The van der Waals surface area contributed by atoms with Gasteiger partial charge in [-0.1, -0.05) is 5.16 Å². The van der Waals surface area contributed by atoms with Crippen molar-refractivity contribution in [2.45, 2.75) is 37.7 Å². The molecule has 2 aromatic rings. The summed E-state index contributed by atoms with van der Waals surface area (Å²) in [5.74, 6) is 0.642. The fourth-order valence-electron chi connectivity index (χ4n) is 3.35. The fourth-order valence-corrected chi connectivity index (χ4v) is 3.35. The van der Waals surface area contributed by atoms with Crippen LogP contribution in [0.25, 0.3) is 11.4 Å². The number of carbonyl (C=O) groups is 1. The molecule has 2 heterocycles. The van der Waals surface area contributed by atoms with Crippen LogP contribution in [-0.4, -0.2) is 46.9 Å². The maximum absolute atomic E-state index is 12.2. The average molecular weight is 396 g/mol. The van der Waals surface area contributed by atoms with Crippen molar-refractivity contribution in [1.29, 1.82) is 0 Å². The van der Waals surface area contributed by atoms with Crippen LogP contribution in [0.4, 0.5) is 13.2 Å². The van der Waals surface area contributed by atoms with Crippen molar-refractivity contribution < 1.29 is 27.2 Å². The van der Waals surface area contributed by atoms with Crippen molar-refractivity contribution in [3.63, 3.8) is 0 Å². The van der Waals surface area contributed by atoms with Crippen molar-refractivity contribution in [2.75, 3.05) is 13.6 Å². The minimum atomic E-state index is -4.74. The van der Waals surface area contributed by atoms with Crippen LogP contribution < -0.4 is 10.1 Å². The number of alkyl halides is 3. The predicted octanol–water partition coefficient (Wildman–Crippen LogP) is 2.91. The van der Waals surface area contributed by atoms with Crippen LogP contribution in [0.1, 0.15) is 31.2 Å². The molecule has 0 bridgehead atoms. The van der Waals surface area contributed by atoms with E-state index in [1.807, 2.05) is 11.9 Å². The van der Waals surface area contributed by atoms with E-state index >= 15 is 0 Å². The zero-order valence-corrected chi connectivity index (χ0v) is 15.1. The second kappa shape index (κ2) is 7.08. The molecule has 0 unspecified atom stereocenters. The summed E-state index contributed by atoms with van der Waals surface area (Å²) in [5, 5.41) is 6.99. The van der Waals surface area contributed by atoms with Crippen LogP contribution in [0.3, 0.4) is 0 Å². The van der Waals surface area contributed by atoms with E-state index in [1.165, 1.54) is 24.3 Å². The SMILES string of the molecule is CN1C[C@@H](NC(=O)C2CC2)C[C@H]1c1nc(-c2ccc(OC(F)(F)F)cc2)no1. The molecule has 1 saturated carbocycles. The lowest BCUT2D eigenvalue weighted by atomic mass is 10.1. The number of halogens is 3. The first kappa shape index (κ1) is 18.7. The van der Waals surface area contributed by atoms with Crippen LogP contribution in [0.15, 0.2) is 28.8 Å². The third-order valence-electron chi connectivity index (χ3n) is 4.92. The molecule has 1 aromatic carbocycles. The Kier molecular flexibility index (Phi) is 4.74. The lowest BCUT2D eigenvalue weighted by Crippen LogP contribution is -2.37. The van der Waals surface area contributed by atoms with Crippen LogP contribution in [0, 0.1) is 5.92 Å². The lowest BCUT2D eigenvalue weighted by Gasteiger charge is -2.14. The van der Waals surface area contributed by atoms with Gasteiger partial charge in [-0.25, -0.2) is 0 Å². The van der Waals surface area contributed by atoms with Gasteiger partial charge in [-0.05, 0) is 50.6 Å². The summed E-state index contributed by atoms with van der Waals surface area (Å²) in [6, 6.07) is 5.17. The summed E-state index contributed by atoms with van der Waals surface area (Å²) in [6.07, 6.45) is -2.16. The van der Waals surface area contributed by atoms with Crippen LogP contribution in [0.2, 0.25) is 0 Å². The second-order valence-corrected chi connectivity index (χ2v) is 7.20. The molecule has 1 saturated heterocycles. The number of benzene rings is 1. The van der Waals surface area contributed by atoms with E-state index in [4.69, 9.17) is 4.52 Å². The summed E-state index contributed by atoms with van der Waals surface area (Å²) >= 11 is 0. The summed E-state index contributed by atoms with van der Waals surface area (Å²) < 4.78 is 46.0. The van der Waals surface area contributed by atoms with Crippen LogP contribution in [0.5, 0.6) is 5.75 Å². The van der Waals surface area contributed by atoms with E-state index in [0.29, 0.717) is 24.4 Å². The number of carbonyl (C=O) groups excluding carboxylic acids is 1. The summed E-state index contributed by atoms with van der Waals surface area (Å²) in [5.41, 5.74) is 0.517. The normalized spacial score (nSPS) is 23.0. The Morgan fingerprint density at radius 1 is 1.29 bits per heavy atom. The predicted molar refractivity (Wildman–Crippen MR) is 91.1 cm³/mol. The van der Waals surface area contributed by atoms with Crippen molar-refractivity contribution >= 4 is 5.91 Å². The molecule has 1 N–H and O–H groups in total. The molecule has 150 valence electrons. The van der Waals surface area contributed by atoms with E-state index in [0.717, 1.165) is 12.8 Å². The highest BCUT2D eigenvalue weighted by Crippen LogP contribution is 2.33. The summed E-state index contributed by atoms with van der Waals surface area (Å²) in [6.45, 7) is 0.685. The third kappa shape index (κ3) is 4.27. The molecule has 2 fully saturated rings. The van der Waals surface area contributed by atoms with Gasteiger partial charge in [-0.15, -0.1) is 13.2 Å². The fraction of sp³-hybridized carbons (Fsp3) is 0.500. The van der Waals surface area contributed by atoms with Gasteiger partial charge in [0.15, 0.2) is 0 Å². The molecular weight excluding hydrogens is 377 g/mol. The lowest BCUT2D eigenvalue weighted by molar-refractivity contribution is -0.274. The van der Waals surface area contributed by atoms with Gasteiger partial charge in [0.1, 0.15) is 5.75 Å². The monoisotopic (exact) mass is 396 g/mol. The maximum atomic E-state index is 12.2. The Bertz CT molecular complexity index is 849. The average Bonchev–Trinajstić information content (AvgIpc) is 3.26. The van der Waals surface area contributed by atoms with Gasteiger partial charge in [0.2, 0.25) is 17.6 Å². The van der Waals surface area contributed by atoms with E-state index < -0.39 is 6.36 Å². The van der Waals surface area contributed by atoms with Gasteiger partial charge in [0.05, 0.1) is 6.04 Å². The van der Waals surface area contributed by atoms with Gasteiger partial charge >= 0.3 is 6.36 Å². The molecule has 1 aliphatic heterocycles. The molecule has 2 aliphatic rings. The van der Waals surface area contributed by atoms with Crippen molar-refractivity contribution in [2.24, 2.45) is 5.92 Å². The number of nitrogens with one attached hydrogen (secondary N) is 1. The molecule has 10 heteroatoms. The largest absolute Gasteiger partial charge is 0.573 e. The van der Waals surface area contributed by atoms with Crippen molar-refractivity contribution in [3.05, 3.63) is 30.2 Å². The molecule has 2 atom stereocenters. The second-order valence-electron chi connectivity index (χ2n) is 7.20. The van der Waals surface area contributed by atoms with Gasteiger partial charge in [-0.2, -0.15) is 4.98 Å². The molecule has 7 nitrogen and oxygen atoms in total. The van der Waals surface area contributed by atoms with Gasteiger partial charge < -0.3 is 14.6 Å². The topological polar surface area (TPSA) is 80.5 Å². The van der Waals surface area contributed by atoms with E-state index in [-0.39, 0.29) is 35.5 Å².